The Morgan fingerprint density at radius 3 is 2.85 bits per heavy atom. The van der Waals surface area contributed by atoms with Gasteiger partial charge < -0.3 is 9.73 Å². The number of furan rings is 1. The van der Waals surface area contributed by atoms with Gasteiger partial charge in [-0.25, -0.2) is 5.43 Å². The molecule has 1 aliphatic carbocycles. The molecule has 1 aromatic heterocycles. The Labute approximate surface area is 158 Å². The minimum Gasteiger partial charge on any atom is -0.455 e. The third-order valence-corrected chi connectivity index (χ3v) is 5.03. The van der Waals surface area contributed by atoms with E-state index in [0.29, 0.717) is 22.6 Å². The molecule has 2 N–H and O–H groups in total. The van der Waals surface area contributed by atoms with E-state index in [1.807, 2.05) is 31.2 Å². The molecule has 138 valence electrons. The van der Waals surface area contributed by atoms with Gasteiger partial charge >= 0.3 is 0 Å². The van der Waals surface area contributed by atoms with Crippen LogP contribution in [0.25, 0.3) is 11.3 Å². The van der Waals surface area contributed by atoms with Crippen molar-refractivity contribution < 1.29 is 9.21 Å². The van der Waals surface area contributed by atoms with Crippen molar-refractivity contribution in [1.82, 2.24) is 10.7 Å². The Morgan fingerprint density at radius 2 is 2.08 bits per heavy atom. The first-order valence-electron chi connectivity index (χ1n) is 9.03. The number of rotatable bonds is 6. The number of carbonyl (C=O) groups is 1. The number of carbonyl (C=O) groups excluding carboxylic acids is 1. The number of nitrogens with one attached hydrogen (secondary N) is 2. The van der Waals surface area contributed by atoms with Crippen molar-refractivity contribution in [1.29, 1.82) is 0 Å². The highest BCUT2D eigenvalue weighted by atomic mass is 35.5. The highest BCUT2D eigenvalue weighted by Crippen LogP contribution is 2.26. The van der Waals surface area contributed by atoms with Crippen LogP contribution in [0.4, 0.5) is 0 Å². The van der Waals surface area contributed by atoms with Gasteiger partial charge in [-0.3, -0.25) is 4.79 Å². The van der Waals surface area contributed by atoms with Crippen molar-refractivity contribution in [2.75, 3.05) is 6.54 Å². The number of halogens is 1. The third-order valence-electron chi connectivity index (χ3n) is 4.62. The maximum absolute atomic E-state index is 11.8. The average molecular weight is 374 g/mol. The molecular formula is C20H24ClN3O2. The summed E-state index contributed by atoms with van der Waals surface area (Å²) in [5.41, 5.74) is 4.45. The molecule has 1 heterocycles. The minimum atomic E-state index is -0.149. The topological polar surface area (TPSA) is 66.6 Å². The third kappa shape index (κ3) is 5.19. The van der Waals surface area contributed by atoms with Gasteiger partial charge in [-0.05, 0) is 43.5 Å². The van der Waals surface area contributed by atoms with E-state index < -0.39 is 0 Å². The molecule has 0 radical (unpaired) electrons. The second kappa shape index (κ2) is 9.01. The number of hydrogen-bond acceptors (Lipinski definition) is 4. The van der Waals surface area contributed by atoms with E-state index in [2.05, 4.69) is 15.8 Å². The highest BCUT2D eigenvalue weighted by Gasteiger charge is 2.13. The molecule has 0 saturated heterocycles. The molecule has 1 fully saturated rings. The van der Waals surface area contributed by atoms with Gasteiger partial charge in [0.1, 0.15) is 11.5 Å². The van der Waals surface area contributed by atoms with Crippen LogP contribution in [0, 0.1) is 6.92 Å². The summed E-state index contributed by atoms with van der Waals surface area (Å²) in [6.45, 7) is 2.24. The van der Waals surface area contributed by atoms with Crippen molar-refractivity contribution in [3.63, 3.8) is 0 Å². The molecule has 2 aromatic rings. The van der Waals surface area contributed by atoms with Gasteiger partial charge in [0.25, 0.3) is 5.91 Å². The smallest absolute Gasteiger partial charge is 0.254 e. The quantitative estimate of drug-likeness (QED) is 0.586. The van der Waals surface area contributed by atoms with E-state index in [0.717, 1.165) is 24.0 Å². The molecule has 0 spiro atoms. The lowest BCUT2D eigenvalue weighted by molar-refractivity contribution is -0.120. The summed E-state index contributed by atoms with van der Waals surface area (Å²) < 4.78 is 5.73. The summed E-state index contributed by atoms with van der Waals surface area (Å²) in [4.78, 5) is 11.8. The lowest BCUT2D eigenvalue weighted by Gasteiger charge is -2.22. The second-order valence-corrected chi connectivity index (χ2v) is 7.08. The van der Waals surface area contributed by atoms with Crippen LogP contribution in [0.3, 0.4) is 0 Å². The average Bonchev–Trinajstić information content (AvgIpc) is 3.12. The van der Waals surface area contributed by atoms with Crippen LogP contribution in [0.5, 0.6) is 0 Å². The summed E-state index contributed by atoms with van der Waals surface area (Å²) in [6.07, 6.45) is 7.57. The van der Waals surface area contributed by atoms with Gasteiger partial charge in [0.15, 0.2) is 0 Å². The first-order chi connectivity index (χ1) is 12.6. The van der Waals surface area contributed by atoms with Crippen LogP contribution in [-0.4, -0.2) is 24.7 Å². The van der Waals surface area contributed by atoms with Gasteiger partial charge in [0, 0.05) is 16.6 Å². The molecule has 0 bridgehead atoms. The van der Waals surface area contributed by atoms with Crippen LogP contribution >= 0.6 is 11.6 Å². The molecule has 0 atom stereocenters. The first kappa shape index (κ1) is 18.7. The van der Waals surface area contributed by atoms with Crippen LogP contribution in [0.2, 0.25) is 5.02 Å². The van der Waals surface area contributed by atoms with Crippen molar-refractivity contribution in [2.45, 2.75) is 45.1 Å². The molecule has 5 nitrogen and oxygen atoms in total. The zero-order chi connectivity index (χ0) is 18.4. The molecule has 6 heteroatoms. The Kier molecular flexibility index (Phi) is 6.47. The standard InChI is InChI=1S/C20H24ClN3O2/c1-14-7-8-15(11-18(14)21)19-10-9-17(26-19)12-23-24-20(25)13-22-16-5-3-2-4-6-16/h7-12,16,22H,2-6,13H2,1H3,(H,24,25)/b23-12-. The molecule has 26 heavy (non-hydrogen) atoms. The van der Waals surface area contributed by atoms with E-state index in [-0.39, 0.29) is 12.5 Å². The predicted octanol–water partition coefficient (Wildman–Crippen LogP) is 4.28. The number of amides is 1. The maximum atomic E-state index is 11.8. The summed E-state index contributed by atoms with van der Waals surface area (Å²) in [6, 6.07) is 9.89. The molecule has 1 saturated carbocycles. The number of hydrogen-bond donors (Lipinski definition) is 2. The molecular weight excluding hydrogens is 350 g/mol. The van der Waals surface area contributed by atoms with E-state index in [1.54, 1.807) is 6.07 Å². The minimum absolute atomic E-state index is 0.149. The van der Waals surface area contributed by atoms with Crippen LogP contribution in [0.1, 0.15) is 43.4 Å². The summed E-state index contributed by atoms with van der Waals surface area (Å²) >= 11 is 6.15. The fraction of sp³-hybridized carbons (Fsp3) is 0.400. The Bertz CT molecular complexity index is 779. The van der Waals surface area contributed by atoms with Crippen molar-refractivity contribution in [2.24, 2.45) is 5.10 Å². The summed E-state index contributed by atoms with van der Waals surface area (Å²) in [5.74, 6) is 1.12. The number of benzene rings is 1. The van der Waals surface area contributed by atoms with Gasteiger partial charge in [0.2, 0.25) is 0 Å². The maximum Gasteiger partial charge on any atom is 0.254 e. The van der Waals surface area contributed by atoms with E-state index >= 15 is 0 Å². The van der Waals surface area contributed by atoms with E-state index in [4.69, 9.17) is 16.0 Å². The molecule has 0 unspecified atom stereocenters. The number of hydrazone groups is 1. The normalized spacial score (nSPS) is 15.5. The van der Waals surface area contributed by atoms with E-state index in [9.17, 15) is 4.79 Å². The monoisotopic (exact) mass is 373 g/mol. The lowest BCUT2D eigenvalue weighted by atomic mass is 9.95. The molecule has 1 amide bonds. The molecule has 1 aromatic carbocycles. The SMILES string of the molecule is Cc1ccc(-c2ccc(/C=N\NC(=O)CNC3CCCCC3)o2)cc1Cl. The van der Waals surface area contributed by atoms with Crippen LogP contribution < -0.4 is 10.7 Å². The van der Waals surface area contributed by atoms with Crippen LogP contribution in [-0.2, 0) is 4.79 Å². The van der Waals surface area contributed by atoms with Crippen molar-refractivity contribution >= 4 is 23.7 Å². The summed E-state index contributed by atoms with van der Waals surface area (Å²) in [5, 5.41) is 7.94. The van der Waals surface area contributed by atoms with Crippen LogP contribution in [0.15, 0.2) is 39.9 Å². The lowest BCUT2D eigenvalue weighted by Crippen LogP contribution is -2.38. The fourth-order valence-electron chi connectivity index (χ4n) is 3.07. The summed E-state index contributed by atoms with van der Waals surface area (Å²) in [7, 11) is 0. The van der Waals surface area contributed by atoms with Crippen molar-refractivity contribution in [3.05, 3.63) is 46.7 Å². The Morgan fingerprint density at radius 1 is 1.27 bits per heavy atom. The predicted molar refractivity (Wildman–Crippen MR) is 105 cm³/mol. The highest BCUT2D eigenvalue weighted by molar-refractivity contribution is 6.31. The Hall–Kier alpha value is -2.11. The zero-order valence-electron chi connectivity index (χ0n) is 14.9. The molecule has 0 aliphatic heterocycles. The molecule has 3 rings (SSSR count). The Balaban J connectivity index is 1.48. The molecule has 1 aliphatic rings. The van der Waals surface area contributed by atoms with E-state index in [1.165, 1.54) is 25.5 Å². The van der Waals surface area contributed by atoms with Gasteiger partial charge in [-0.2, -0.15) is 5.10 Å². The second-order valence-electron chi connectivity index (χ2n) is 6.67. The fourth-order valence-corrected chi connectivity index (χ4v) is 3.26. The van der Waals surface area contributed by atoms with Crippen molar-refractivity contribution in [3.8, 4) is 11.3 Å². The van der Waals surface area contributed by atoms with Gasteiger partial charge in [-0.15, -0.1) is 0 Å². The number of nitrogens with zero attached hydrogens (tertiary/aromatic N) is 1. The largest absolute Gasteiger partial charge is 0.455 e. The van der Waals surface area contributed by atoms with Gasteiger partial charge in [0.05, 0.1) is 12.8 Å². The van der Waals surface area contributed by atoms with Gasteiger partial charge in [-0.1, -0.05) is 43.0 Å². The zero-order valence-corrected chi connectivity index (χ0v) is 15.7. The first-order valence-corrected chi connectivity index (χ1v) is 9.41. The number of aryl methyl sites for hydroxylation is 1.